The first-order chi connectivity index (χ1) is 9.36. The van der Waals surface area contributed by atoms with E-state index in [1.807, 2.05) is 0 Å². The van der Waals surface area contributed by atoms with Gasteiger partial charge in [0.25, 0.3) is 0 Å². The molecule has 110 valence electrons. The number of carbonyl (C=O) groups excluding carboxylic acids is 1. The molecule has 0 aromatic carbocycles. The van der Waals surface area contributed by atoms with Gasteiger partial charge < -0.3 is 4.74 Å². The van der Waals surface area contributed by atoms with Gasteiger partial charge in [0, 0.05) is 17.3 Å². The third-order valence-corrected chi connectivity index (χ3v) is 4.52. The molecular weight excluding hydrogens is 309 g/mol. The van der Waals surface area contributed by atoms with Crippen molar-refractivity contribution in [1.29, 1.82) is 0 Å². The number of halogens is 2. The number of esters is 1. The van der Waals surface area contributed by atoms with Crippen molar-refractivity contribution in [2.24, 2.45) is 21.8 Å². The Labute approximate surface area is 125 Å². The normalized spacial score (nSPS) is 36.5. The van der Waals surface area contributed by atoms with Gasteiger partial charge in [0.2, 0.25) is 6.04 Å². The summed E-state index contributed by atoms with van der Waals surface area (Å²) in [4.78, 5) is 31.0. The number of carbonyl (C=O) groups is 1. The summed E-state index contributed by atoms with van der Waals surface area (Å²) in [6, 6.07) is -1.98. The molecule has 0 spiro atoms. The number of hydrogen-bond donors (Lipinski definition) is 0. The lowest BCUT2D eigenvalue weighted by Crippen LogP contribution is -2.54. The lowest BCUT2D eigenvalue weighted by molar-refractivity contribution is -0.537. The number of fused-ring (bicyclic) bond motifs is 1. The van der Waals surface area contributed by atoms with Gasteiger partial charge in [-0.2, -0.15) is 0 Å². The van der Waals surface area contributed by atoms with Gasteiger partial charge in [0.15, 0.2) is 10.3 Å². The van der Waals surface area contributed by atoms with Crippen LogP contribution >= 0.6 is 23.2 Å². The molecule has 0 radical (unpaired) electrons. The molecule has 0 amide bonds. The first-order valence-corrected chi connectivity index (χ1v) is 6.80. The third kappa shape index (κ3) is 2.52. The third-order valence-electron chi connectivity index (χ3n) is 3.87. The molecule has 20 heavy (non-hydrogen) atoms. The van der Waals surface area contributed by atoms with Gasteiger partial charge in [-0.1, -0.05) is 30.1 Å². The number of methoxy groups -OCH3 is 1. The predicted octanol–water partition coefficient (Wildman–Crippen LogP) is 1.49. The van der Waals surface area contributed by atoms with E-state index in [9.17, 15) is 14.9 Å². The predicted molar refractivity (Wildman–Crippen MR) is 74.2 cm³/mol. The van der Waals surface area contributed by atoms with Crippen molar-refractivity contribution < 1.29 is 14.5 Å². The fraction of sp³-hybridized carbons (Fsp3) is 0.727. The molecule has 2 aliphatic rings. The average Bonchev–Trinajstić information content (AvgIpc) is 2.39. The van der Waals surface area contributed by atoms with Crippen molar-refractivity contribution in [1.82, 2.24) is 0 Å². The van der Waals surface area contributed by atoms with E-state index in [2.05, 4.69) is 9.98 Å². The van der Waals surface area contributed by atoms with Crippen LogP contribution in [0.3, 0.4) is 0 Å². The van der Waals surface area contributed by atoms with Gasteiger partial charge in [0.05, 0.1) is 25.1 Å². The highest BCUT2D eigenvalue weighted by Gasteiger charge is 2.52. The van der Waals surface area contributed by atoms with Crippen molar-refractivity contribution >= 4 is 39.5 Å². The molecule has 9 heteroatoms. The molecule has 0 aromatic heterocycles. The Bertz CT molecular complexity index is 508. The number of ether oxygens (including phenoxy) is 1. The Hall–Kier alpha value is -1.21. The molecule has 1 saturated carbocycles. The van der Waals surface area contributed by atoms with E-state index >= 15 is 0 Å². The number of nitrogens with zero attached hydrogens (tertiary/aromatic N) is 3. The fourth-order valence-corrected chi connectivity index (χ4v) is 3.17. The minimum Gasteiger partial charge on any atom is -0.469 e. The summed E-state index contributed by atoms with van der Waals surface area (Å²) >= 11 is 11.7. The average molecular weight is 322 g/mol. The van der Waals surface area contributed by atoms with Crippen LogP contribution in [0, 0.1) is 22.0 Å². The monoisotopic (exact) mass is 321 g/mol. The van der Waals surface area contributed by atoms with Gasteiger partial charge in [0.1, 0.15) is 0 Å². The maximum atomic E-state index is 11.9. The van der Waals surface area contributed by atoms with Crippen LogP contribution in [0.15, 0.2) is 9.98 Å². The smallest absolute Gasteiger partial charge is 0.311 e. The van der Waals surface area contributed by atoms with E-state index in [0.717, 1.165) is 0 Å². The second kappa shape index (κ2) is 5.65. The van der Waals surface area contributed by atoms with Crippen molar-refractivity contribution in [3.63, 3.8) is 0 Å². The Morgan fingerprint density at radius 3 is 2.55 bits per heavy atom. The Balaban J connectivity index is 2.40. The first kappa shape index (κ1) is 15.2. The zero-order valence-electron chi connectivity index (χ0n) is 10.8. The van der Waals surface area contributed by atoms with Crippen molar-refractivity contribution in [2.45, 2.75) is 31.5 Å². The van der Waals surface area contributed by atoms with Crippen LogP contribution < -0.4 is 0 Å². The highest BCUT2D eigenvalue weighted by atomic mass is 35.5. The van der Waals surface area contributed by atoms with Crippen molar-refractivity contribution in [3.8, 4) is 0 Å². The minimum absolute atomic E-state index is 0.0215. The molecule has 2 rings (SSSR count). The molecule has 0 N–H and O–H groups in total. The lowest BCUT2D eigenvalue weighted by Gasteiger charge is -2.39. The van der Waals surface area contributed by atoms with E-state index in [0.29, 0.717) is 0 Å². The molecule has 1 aliphatic carbocycles. The summed E-state index contributed by atoms with van der Waals surface area (Å²) in [5, 5.41) is 11.2. The van der Waals surface area contributed by atoms with Crippen LogP contribution in [-0.4, -0.2) is 46.5 Å². The Morgan fingerprint density at radius 2 is 2.00 bits per heavy atom. The van der Waals surface area contributed by atoms with E-state index in [-0.39, 0.29) is 21.7 Å². The SMILES string of the molecule is COC(=O)C1C(C)C([N+](=O)[O-])CC2N=C(Cl)C(Cl)=NC21. The van der Waals surface area contributed by atoms with E-state index < -0.39 is 35.9 Å². The molecule has 1 fully saturated rings. The molecule has 5 unspecified atom stereocenters. The second-order valence-corrected chi connectivity index (χ2v) is 5.61. The molecule has 1 aliphatic heterocycles. The molecule has 5 atom stereocenters. The second-order valence-electron chi connectivity index (χ2n) is 4.89. The van der Waals surface area contributed by atoms with Crippen LogP contribution in [0.5, 0.6) is 0 Å². The van der Waals surface area contributed by atoms with Crippen LogP contribution in [-0.2, 0) is 9.53 Å². The van der Waals surface area contributed by atoms with Crippen LogP contribution in [0.1, 0.15) is 13.3 Å². The topological polar surface area (TPSA) is 94.2 Å². The molecule has 0 saturated heterocycles. The highest BCUT2D eigenvalue weighted by Crippen LogP contribution is 2.38. The lowest BCUT2D eigenvalue weighted by atomic mass is 9.71. The fourth-order valence-electron chi connectivity index (χ4n) is 2.84. The molecule has 7 nitrogen and oxygen atoms in total. The van der Waals surface area contributed by atoms with Crippen molar-refractivity contribution in [2.75, 3.05) is 7.11 Å². The van der Waals surface area contributed by atoms with Gasteiger partial charge in [-0.25, -0.2) is 0 Å². The minimum atomic E-state index is -0.888. The van der Waals surface area contributed by atoms with E-state index in [1.54, 1.807) is 6.92 Å². The number of nitro groups is 1. The summed E-state index contributed by atoms with van der Waals surface area (Å²) < 4.78 is 4.74. The first-order valence-electron chi connectivity index (χ1n) is 6.05. The van der Waals surface area contributed by atoms with E-state index in [1.165, 1.54) is 7.11 Å². The van der Waals surface area contributed by atoms with Gasteiger partial charge in [-0.15, -0.1) is 0 Å². The van der Waals surface area contributed by atoms with Crippen LogP contribution in [0.25, 0.3) is 0 Å². The van der Waals surface area contributed by atoms with Crippen molar-refractivity contribution in [3.05, 3.63) is 10.1 Å². The van der Waals surface area contributed by atoms with E-state index in [4.69, 9.17) is 27.9 Å². The number of aliphatic imine (C=N–C) groups is 2. The maximum Gasteiger partial charge on any atom is 0.311 e. The quantitative estimate of drug-likeness (QED) is 0.437. The molecule has 1 heterocycles. The highest BCUT2D eigenvalue weighted by molar-refractivity contribution is 7.00. The largest absolute Gasteiger partial charge is 0.469 e. The number of rotatable bonds is 2. The van der Waals surface area contributed by atoms with Crippen LogP contribution in [0.2, 0.25) is 0 Å². The number of hydrogen-bond acceptors (Lipinski definition) is 6. The molecule has 0 aromatic rings. The Morgan fingerprint density at radius 1 is 1.40 bits per heavy atom. The van der Waals surface area contributed by atoms with Gasteiger partial charge >= 0.3 is 5.97 Å². The van der Waals surface area contributed by atoms with Gasteiger partial charge in [-0.05, 0) is 0 Å². The molecular formula is C11H13Cl2N3O4. The zero-order chi connectivity index (χ0) is 15.0. The Kier molecular flexibility index (Phi) is 4.29. The standard InChI is InChI=1S/C11H13Cl2N3O4/c1-4-6(16(18)19)3-5-8(7(4)11(17)20-2)15-10(13)9(12)14-5/h4-8H,3H2,1-2H3. The van der Waals surface area contributed by atoms with Gasteiger partial charge in [-0.3, -0.25) is 24.9 Å². The van der Waals surface area contributed by atoms with Crippen LogP contribution in [0.4, 0.5) is 0 Å². The summed E-state index contributed by atoms with van der Waals surface area (Å²) in [6.07, 6.45) is 0.177. The summed E-state index contributed by atoms with van der Waals surface area (Å²) in [6.45, 7) is 1.65. The zero-order valence-corrected chi connectivity index (χ0v) is 12.3. The molecule has 0 bridgehead atoms. The summed E-state index contributed by atoms with van der Waals surface area (Å²) in [5.74, 6) is -1.81. The maximum absolute atomic E-state index is 11.9. The summed E-state index contributed by atoms with van der Waals surface area (Å²) in [5.41, 5.74) is 0. The summed E-state index contributed by atoms with van der Waals surface area (Å²) in [7, 11) is 1.24.